The standard InChI is InChI=1S/C19H38O2/c1-6-7-8-9-10-11-12-19(20)21-15-18(17(4)5)14-13-16(2)3/h16-18H,6-15H2,1-5H3. The summed E-state index contributed by atoms with van der Waals surface area (Å²) in [5, 5.41) is 0. The van der Waals surface area contributed by atoms with Crippen LogP contribution in [-0.4, -0.2) is 12.6 Å². The quantitative estimate of drug-likeness (QED) is 0.308. The number of esters is 1. The smallest absolute Gasteiger partial charge is 0.305 e. The Morgan fingerprint density at radius 2 is 1.52 bits per heavy atom. The average Bonchev–Trinajstić information content (AvgIpc) is 2.41. The van der Waals surface area contributed by atoms with Crippen LogP contribution in [0.2, 0.25) is 0 Å². The van der Waals surface area contributed by atoms with Crippen LogP contribution in [0.3, 0.4) is 0 Å². The summed E-state index contributed by atoms with van der Waals surface area (Å²) in [5.41, 5.74) is 0. The molecule has 2 heteroatoms. The van der Waals surface area contributed by atoms with Crippen molar-refractivity contribution < 1.29 is 9.53 Å². The Balaban J connectivity index is 3.72. The molecule has 0 aromatic rings. The van der Waals surface area contributed by atoms with Crippen LogP contribution in [0.25, 0.3) is 0 Å². The van der Waals surface area contributed by atoms with E-state index in [9.17, 15) is 4.79 Å². The average molecular weight is 299 g/mol. The first kappa shape index (κ1) is 20.5. The van der Waals surface area contributed by atoms with Crippen molar-refractivity contribution in [2.45, 2.75) is 92.4 Å². The molecule has 0 aromatic heterocycles. The Kier molecular flexibility index (Phi) is 12.8. The van der Waals surface area contributed by atoms with E-state index in [4.69, 9.17) is 4.74 Å². The summed E-state index contributed by atoms with van der Waals surface area (Å²) < 4.78 is 5.49. The second-order valence-corrected chi connectivity index (χ2v) is 7.18. The number of rotatable bonds is 13. The molecule has 126 valence electrons. The number of hydrogen-bond acceptors (Lipinski definition) is 2. The molecule has 0 saturated carbocycles. The van der Waals surface area contributed by atoms with Gasteiger partial charge in [0.2, 0.25) is 0 Å². The van der Waals surface area contributed by atoms with E-state index < -0.39 is 0 Å². The van der Waals surface area contributed by atoms with Gasteiger partial charge in [0.05, 0.1) is 6.61 Å². The van der Waals surface area contributed by atoms with E-state index in [-0.39, 0.29) is 5.97 Å². The minimum Gasteiger partial charge on any atom is -0.465 e. The lowest BCUT2D eigenvalue weighted by molar-refractivity contribution is -0.145. The van der Waals surface area contributed by atoms with E-state index in [0.29, 0.717) is 24.9 Å². The van der Waals surface area contributed by atoms with Gasteiger partial charge in [-0.1, -0.05) is 73.1 Å². The molecule has 0 heterocycles. The van der Waals surface area contributed by atoms with Crippen molar-refractivity contribution in [1.82, 2.24) is 0 Å². The van der Waals surface area contributed by atoms with Gasteiger partial charge in [-0.2, -0.15) is 0 Å². The summed E-state index contributed by atoms with van der Waals surface area (Å²) in [6.07, 6.45) is 10.3. The van der Waals surface area contributed by atoms with Gasteiger partial charge in [0, 0.05) is 6.42 Å². The zero-order valence-corrected chi connectivity index (χ0v) is 15.1. The molecule has 0 rings (SSSR count). The lowest BCUT2D eigenvalue weighted by atomic mass is 9.89. The number of unbranched alkanes of at least 4 members (excludes halogenated alkanes) is 5. The summed E-state index contributed by atoms with van der Waals surface area (Å²) in [4.78, 5) is 11.8. The van der Waals surface area contributed by atoms with Crippen LogP contribution < -0.4 is 0 Å². The summed E-state index contributed by atoms with van der Waals surface area (Å²) in [6, 6.07) is 0. The molecule has 0 aliphatic rings. The Labute approximate surface area is 133 Å². The SMILES string of the molecule is CCCCCCCCC(=O)OCC(CCC(C)C)C(C)C. The molecule has 0 aliphatic carbocycles. The lowest BCUT2D eigenvalue weighted by Crippen LogP contribution is -2.19. The molecule has 0 amide bonds. The third-order valence-electron chi connectivity index (χ3n) is 4.25. The molecule has 0 bridgehead atoms. The Hall–Kier alpha value is -0.530. The summed E-state index contributed by atoms with van der Waals surface area (Å²) in [7, 11) is 0. The van der Waals surface area contributed by atoms with E-state index >= 15 is 0 Å². The topological polar surface area (TPSA) is 26.3 Å². The Bertz CT molecular complexity index is 246. The highest BCUT2D eigenvalue weighted by Crippen LogP contribution is 2.20. The number of hydrogen-bond donors (Lipinski definition) is 0. The minimum atomic E-state index is 0.000637. The number of ether oxygens (including phenoxy) is 1. The van der Waals surface area contributed by atoms with Gasteiger partial charge in [-0.3, -0.25) is 4.79 Å². The molecule has 2 nitrogen and oxygen atoms in total. The lowest BCUT2D eigenvalue weighted by Gasteiger charge is -2.21. The first-order chi connectivity index (χ1) is 9.97. The Morgan fingerprint density at radius 1 is 0.905 bits per heavy atom. The van der Waals surface area contributed by atoms with Crippen LogP contribution >= 0.6 is 0 Å². The predicted octanol–water partition coefficient (Wildman–Crippen LogP) is 5.99. The molecular weight excluding hydrogens is 260 g/mol. The number of carbonyl (C=O) groups is 1. The predicted molar refractivity (Wildman–Crippen MR) is 91.4 cm³/mol. The first-order valence-corrected chi connectivity index (χ1v) is 9.13. The van der Waals surface area contributed by atoms with Gasteiger partial charge >= 0.3 is 5.97 Å². The molecule has 0 saturated heterocycles. The molecule has 0 aliphatic heterocycles. The summed E-state index contributed by atoms with van der Waals surface area (Å²) in [6.45, 7) is 11.8. The van der Waals surface area contributed by atoms with Gasteiger partial charge < -0.3 is 4.74 Å². The van der Waals surface area contributed by atoms with E-state index in [1.54, 1.807) is 0 Å². The zero-order valence-electron chi connectivity index (χ0n) is 15.1. The van der Waals surface area contributed by atoms with Gasteiger partial charge in [-0.15, -0.1) is 0 Å². The molecule has 1 atom stereocenters. The van der Waals surface area contributed by atoms with Gasteiger partial charge in [0.15, 0.2) is 0 Å². The van der Waals surface area contributed by atoms with Gasteiger partial charge in [-0.25, -0.2) is 0 Å². The fraction of sp³-hybridized carbons (Fsp3) is 0.947. The van der Waals surface area contributed by atoms with Crippen LogP contribution in [0.4, 0.5) is 0 Å². The second-order valence-electron chi connectivity index (χ2n) is 7.18. The summed E-state index contributed by atoms with van der Waals surface area (Å²) in [5.74, 6) is 1.83. The molecule has 0 fully saturated rings. The van der Waals surface area contributed by atoms with Gasteiger partial charge in [0.25, 0.3) is 0 Å². The third kappa shape index (κ3) is 12.9. The number of carbonyl (C=O) groups excluding carboxylic acids is 1. The molecule has 0 aromatic carbocycles. The minimum absolute atomic E-state index is 0.000637. The van der Waals surface area contributed by atoms with Crippen molar-refractivity contribution in [3.63, 3.8) is 0 Å². The highest BCUT2D eigenvalue weighted by molar-refractivity contribution is 5.69. The molecule has 21 heavy (non-hydrogen) atoms. The second kappa shape index (κ2) is 13.2. The molecule has 0 radical (unpaired) electrons. The molecule has 0 spiro atoms. The third-order valence-corrected chi connectivity index (χ3v) is 4.25. The van der Waals surface area contributed by atoms with Gasteiger partial charge in [-0.05, 0) is 30.6 Å². The Morgan fingerprint density at radius 3 is 2.10 bits per heavy atom. The van der Waals surface area contributed by atoms with E-state index in [2.05, 4.69) is 34.6 Å². The maximum atomic E-state index is 11.8. The van der Waals surface area contributed by atoms with E-state index in [0.717, 1.165) is 18.8 Å². The maximum Gasteiger partial charge on any atom is 0.305 e. The van der Waals surface area contributed by atoms with Crippen LogP contribution in [-0.2, 0) is 9.53 Å². The zero-order chi connectivity index (χ0) is 16.1. The van der Waals surface area contributed by atoms with Crippen LogP contribution in [0, 0.1) is 17.8 Å². The fourth-order valence-electron chi connectivity index (χ4n) is 2.48. The molecule has 0 N–H and O–H groups in total. The van der Waals surface area contributed by atoms with Crippen LogP contribution in [0.15, 0.2) is 0 Å². The van der Waals surface area contributed by atoms with E-state index in [1.165, 1.54) is 38.5 Å². The van der Waals surface area contributed by atoms with Crippen LogP contribution in [0.1, 0.15) is 92.4 Å². The van der Waals surface area contributed by atoms with Crippen molar-refractivity contribution in [2.24, 2.45) is 17.8 Å². The van der Waals surface area contributed by atoms with Crippen molar-refractivity contribution in [3.05, 3.63) is 0 Å². The highest BCUT2D eigenvalue weighted by Gasteiger charge is 2.16. The van der Waals surface area contributed by atoms with Crippen molar-refractivity contribution in [2.75, 3.05) is 6.61 Å². The summed E-state index contributed by atoms with van der Waals surface area (Å²) >= 11 is 0. The largest absolute Gasteiger partial charge is 0.465 e. The molecular formula is C19H38O2. The first-order valence-electron chi connectivity index (χ1n) is 9.13. The molecule has 1 unspecified atom stereocenters. The normalized spacial score (nSPS) is 12.9. The highest BCUT2D eigenvalue weighted by atomic mass is 16.5. The maximum absolute atomic E-state index is 11.8. The fourth-order valence-corrected chi connectivity index (χ4v) is 2.48. The van der Waals surface area contributed by atoms with Crippen molar-refractivity contribution in [3.8, 4) is 0 Å². The monoisotopic (exact) mass is 298 g/mol. The van der Waals surface area contributed by atoms with Crippen molar-refractivity contribution in [1.29, 1.82) is 0 Å². The van der Waals surface area contributed by atoms with Gasteiger partial charge in [0.1, 0.15) is 0 Å². The van der Waals surface area contributed by atoms with E-state index in [1.807, 2.05) is 0 Å². The van der Waals surface area contributed by atoms with Crippen LogP contribution in [0.5, 0.6) is 0 Å². The van der Waals surface area contributed by atoms with Crippen molar-refractivity contribution >= 4 is 5.97 Å².